The normalized spacial score (nSPS) is 11.6. The highest BCUT2D eigenvalue weighted by atomic mass is 35.5. The number of hydrogen-bond donors (Lipinski definition) is 1. The lowest BCUT2D eigenvalue weighted by atomic mass is 10.1. The zero-order chi connectivity index (χ0) is 17.2. The first-order valence-corrected chi connectivity index (χ1v) is 9.53. The second kappa shape index (κ2) is 6.79. The van der Waals surface area contributed by atoms with Gasteiger partial charge >= 0.3 is 0 Å². The Labute approximate surface area is 146 Å². The van der Waals surface area contributed by atoms with Gasteiger partial charge in [0.25, 0.3) is 10.0 Å². The van der Waals surface area contributed by atoms with Gasteiger partial charge in [0.15, 0.2) is 0 Å². The van der Waals surface area contributed by atoms with E-state index in [1.165, 1.54) is 0 Å². The lowest BCUT2D eigenvalue weighted by Gasteiger charge is -2.10. The van der Waals surface area contributed by atoms with E-state index in [0.29, 0.717) is 10.8 Å². The first-order valence-electron chi connectivity index (χ1n) is 7.66. The van der Waals surface area contributed by atoms with Crippen molar-refractivity contribution in [1.82, 2.24) is 4.98 Å². The first kappa shape index (κ1) is 16.7. The Balaban J connectivity index is 1.94. The summed E-state index contributed by atoms with van der Waals surface area (Å²) in [5.41, 5.74) is 0.864. The predicted molar refractivity (Wildman–Crippen MR) is 98.0 cm³/mol. The van der Waals surface area contributed by atoms with Gasteiger partial charge in [-0.05, 0) is 42.1 Å². The Morgan fingerprint density at radius 1 is 1.08 bits per heavy atom. The zero-order valence-electron chi connectivity index (χ0n) is 13.2. The van der Waals surface area contributed by atoms with Crippen molar-refractivity contribution in [3.05, 3.63) is 65.3 Å². The van der Waals surface area contributed by atoms with Crippen molar-refractivity contribution in [3.8, 4) is 0 Å². The predicted octanol–water partition coefficient (Wildman–Crippen LogP) is 4.64. The summed E-state index contributed by atoms with van der Waals surface area (Å²) in [4.78, 5) is 4.52. The van der Waals surface area contributed by atoms with Gasteiger partial charge < -0.3 is 0 Å². The summed E-state index contributed by atoms with van der Waals surface area (Å²) in [6.45, 7) is 2.05. The fourth-order valence-corrected chi connectivity index (χ4v) is 3.80. The number of rotatable bonds is 5. The topological polar surface area (TPSA) is 59.1 Å². The molecule has 0 unspecified atom stereocenters. The summed E-state index contributed by atoms with van der Waals surface area (Å²) in [6, 6.07) is 15.6. The minimum atomic E-state index is -3.70. The number of halogens is 1. The molecule has 24 heavy (non-hydrogen) atoms. The van der Waals surface area contributed by atoms with E-state index in [4.69, 9.17) is 11.6 Å². The van der Waals surface area contributed by atoms with Crippen LogP contribution in [-0.4, -0.2) is 13.4 Å². The van der Waals surface area contributed by atoms with Crippen LogP contribution in [0.4, 0.5) is 5.82 Å². The molecule has 124 valence electrons. The van der Waals surface area contributed by atoms with Gasteiger partial charge in [0.05, 0.1) is 4.90 Å². The van der Waals surface area contributed by atoms with Gasteiger partial charge in [-0.2, -0.15) is 0 Å². The summed E-state index contributed by atoms with van der Waals surface area (Å²) < 4.78 is 27.8. The minimum absolute atomic E-state index is 0.181. The lowest BCUT2D eigenvalue weighted by molar-refractivity contribution is 0.601. The first-order chi connectivity index (χ1) is 11.5. The van der Waals surface area contributed by atoms with Crippen LogP contribution in [0.25, 0.3) is 10.8 Å². The maximum atomic E-state index is 12.6. The van der Waals surface area contributed by atoms with E-state index in [1.54, 1.807) is 42.5 Å². The largest absolute Gasteiger partial charge is 0.263 e. The molecule has 3 aromatic rings. The third kappa shape index (κ3) is 3.52. The van der Waals surface area contributed by atoms with E-state index in [2.05, 4.69) is 16.6 Å². The Kier molecular flexibility index (Phi) is 4.73. The Bertz CT molecular complexity index is 987. The van der Waals surface area contributed by atoms with Gasteiger partial charge in [-0.15, -0.1) is 0 Å². The summed E-state index contributed by atoms with van der Waals surface area (Å²) in [5.74, 6) is 0.326. The summed E-state index contributed by atoms with van der Waals surface area (Å²) in [7, 11) is -3.70. The Morgan fingerprint density at radius 2 is 1.88 bits per heavy atom. The number of fused-ring (bicyclic) bond motifs is 1. The SMILES string of the molecule is CCCc1cccc(NS(=O)(=O)c2ccc3c(Cl)cccc3c2)n1. The third-order valence-corrected chi connectivity index (χ3v) is 5.34. The van der Waals surface area contributed by atoms with Gasteiger partial charge in [0, 0.05) is 16.1 Å². The molecule has 6 heteroatoms. The Morgan fingerprint density at radius 3 is 2.67 bits per heavy atom. The molecule has 1 heterocycles. The number of benzene rings is 2. The molecule has 4 nitrogen and oxygen atoms in total. The van der Waals surface area contributed by atoms with Crippen molar-refractivity contribution < 1.29 is 8.42 Å². The molecule has 0 saturated carbocycles. The van der Waals surface area contributed by atoms with E-state index >= 15 is 0 Å². The van der Waals surface area contributed by atoms with Crippen molar-refractivity contribution >= 4 is 38.2 Å². The molecule has 1 aromatic heterocycles. The molecule has 0 aliphatic carbocycles. The molecule has 3 rings (SSSR count). The van der Waals surface area contributed by atoms with Gasteiger partial charge in [0.2, 0.25) is 0 Å². The standard InChI is InChI=1S/C18H17ClN2O2S/c1-2-5-14-7-4-9-18(20-14)21-24(22,23)15-10-11-16-13(12-15)6-3-8-17(16)19/h3-4,6-12H,2,5H2,1H3,(H,20,21). The van der Waals surface area contributed by atoms with E-state index in [0.717, 1.165) is 29.3 Å². The van der Waals surface area contributed by atoms with Crippen LogP contribution in [0.1, 0.15) is 19.0 Å². The van der Waals surface area contributed by atoms with Crippen LogP contribution in [0.15, 0.2) is 59.5 Å². The maximum Gasteiger partial charge on any atom is 0.263 e. The average molecular weight is 361 g/mol. The van der Waals surface area contributed by atoms with Crippen molar-refractivity contribution in [2.45, 2.75) is 24.7 Å². The number of aryl methyl sites for hydroxylation is 1. The fraction of sp³-hybridized carbons (Fsp3) is 0.167. The fourth-order valence-electron chi connectivity index (χ4n) is 2.52. The molecule has 0 radical (unpaired) electrons. The number of pyridine rings is 1. The van der Waals surface area contributed by atoms with Gasteiger partial charge in [0.1, 0.15) is 5.82 Å². The van der Waals surface area contributed by atoms with Crippen LogP contribution in [0.2, 0.25) is 5.02 Å². The third-order valence-electron chi connectivity index (χ3n) is 3.66. The molecule has 0 atom stereocenters. The molecule has 0 saturated heterocycles. The molecule has 0 aliphatic rings. The van der Waals surface area contributed by atoms with E-state index < -0.39 is 10.0 Å². The molecule has 0 bridgehead atoms. The molecule has 0 aliphatic heterocycles. The minimum Gasteiger partial charge on any atom is -0.263 e. The number of aromatic nitrogens is 1. The number of hydrogen-bond acceptors (Lipinski definition) is 3. The molecule has 2 aromatic carbocycles. The molecule has 0 fully saturated rings. The van der Waals surface area contributed by atoms with Crippen LogP contribution >= 0.6 is 11.6 Å². The zero-order valence-corrected chi connectivity index (χ0v) is 14.7. The average Bonchev–Trinajstić information content (AvgIpc) is 2.55. The van der Waals surface area contributed by atoms with Crippen molar-refractivity contribution in [3.63, 3.8) is 0 Å². The second-order valence-corrected chi connectivity index (χ2v) is 7.58. The van der Waals surface area contributed by atoms with Gasteiger partial charge in [-0.3, -0.25) is 4.72 Å². The summed E-state index contributed by atoms with van der Waals surface area (Å²) in [6.07, 6.45) is 1.76. The smallest absolute Gasteiger partial charge is 0.263 e. The molecule has 0 spiro atoms. The van der Waals surface area contributed by atoms with Crippen LogP contribution in [0.5, 0.6) is 0 Å². The quantitative estimate of drug-likeness (QED) is 0.721. The maximum absolute atomic E-state index is 12.6. The van der Waals surface area contributed by atoms with E-state index in [1.807, 2.05) is 12.1 Å². The summed E-state index contributed by atoms with van der Waals surface area (Å²) in [5, 5.41) is 2.19. The molecule has 0 amide bonds. The van der Waals surface area contributed by atoms with Crippen molar-refractivity contribution in [2.75, 3.05) is 4.72 Å². The van der Waals surface area contributed by atoms with Crippen LogP contribution in [0, 0.1) is 0 Å². The number of anilines is 1. The van der Waals surface area contributed by atoms with Crippen LogP contribution in [0.3, 0.4) is 0 Å². The van der Waals surface area contributed by atoms with Crippen molar-refractivity contribution in [1.29, 1.82) is 0 Å². The van der Waals surface area contributed by atoms with Crippen LogP contribution in [-0.2, 0) is 16.4 Å². The van der Waals surface area contributed by atoms with Crippen LogP contribution < -0.4 is 4.72 Å². The number of sulfonamides is 1. The second-order valence-electron chi connectivity index (χ2n) is 5.49. The molecule has 1 N–H and O–H groups in total. The highest BCUT2D eigenvalue weighted by Crippen LogP contribution is 2.26. The number of nitrogens with one attached hydrogen (secondary N) is 1. The van der Waals surface area contributed by atoms with Gasteiger partial charge in [-0.1, -0.05) is 49.2 Å². The monoisotopic (exact) mass is 360 g/mol. The van der Waals surface area contributed by atoms with Crippen molar-refractivity contribution in [2.24, 2.45) is 0 Å². The highest BCUT2D eigenvalue weighted by molar-refractivity contribution is 7.92. The van der Waals surface area contributed by atoms with Gasteiger partial charge in [-0.25, -0.2) is 13.4 Å². The molecular formula is C18H17ClN2O2S. The Hall–Kier alpha value is -2.11. The summed E-state index contributed by atoms with van der Waals surface area (Å²) >= 11 is 6.13. The lowest BCUT2D eigenvalue weighted by Crippen LogP contribution is -2.14. The van der Waals surface area contributed by atoms with E-state index in [-0.39, 0.29) is 4.90 Å². The highest BCUT2D eigenvalue weighted by Gasteiger charge is 2.16. The number of nitrogens with zero attached hydrogens (tertiary/aromatic N) is 1. The van der Waals surface area contributed by atoms with E-state index in [9.17, 15) is 8.42 Å². The molecular weight excluding hydrogens is 344 g/mol.